The van der Waals surface area contributed by atoms with Gasteiger partial charge in [-0.25, -0.2) is 0 Å². The van der Waals surface area contributed by atoms with Gasteiger partial charge in [-0.3, -0.25) is 0 Å². The maximum Gasteiger partial charge on any atom is 0.0687 e. The van der Waals surface area contributed by atoms with Crippen molar-refractivity contribution in [3.63, 3.8) is 0 Å². The van der Waals surface area contributed by atoms with Crippen molar-refractivity contribution >= 4 is 0 Å². The minimum Gasteiger partial charge on any atom is -0.372 e. The molecule has 118 valence electrons. The van der Waals surface area contributed by atoms with E-state index >= 15 is 0 Å². The number of hydrogen-bond donors (Lipinski definition) is 1. The lowest BCUT2D eigenvalue weighted by molar-refractivity contribution is -0.0411. The van der Waals surface area contributed by atoms with Crippen LogP contribution in [0.2, 0.25) is 0 Å². The summed E-state index contributed by atoms with van der Waals surface area (Å²) in [5.41, 5.74) is 0.650. The van der Waals surface area contributed by atoms with Crippen molar-refractivity contribution in [2.24, 2.45) is 5.41 Å². The summed E-state index contributed by atoms with van der Waals surface area (Å²) in [7, 11) is 0. The van der Waals surface area contributed by atoms with Gasteiger partial charge in [-0.2, -0.15) is 0 Å². The second-order valence-corrected chi connectivity index (χ2v) is 8.12. The Bertz CT molecular complexity index is 288. The van der Waals surface area contributed by atoms with Gasteiger partial charge in [0.1, 0.15) is 0 Å². The number of rotatable bonds is 6. The molecule has 1 aliphatic carbocycles. The van der Waals surface area contributed by atoms with Crippen molar-refractivity contribution in [3.05, 3.63) is 0 Å². The quantitative estimate of drug-likeness (QED) is 0.763. The highest BCUT2D eigenvalue weighted by Gasteiger charge is 2.42. The Balaban J connectivity index is 1.78. The topological polar surface area (TPSA) is 21.3 Å². The van der Waals surface area contributed by atoms with E-state index in [-0.39, 0.29) is 0 Å². The van der Waals surface area contributed by atoms with Crippen LogP contribution in [-0.2, 0) is 4.74 Å². The van der Waals surface area contributed by atoms with Gasteiger partial charge in [0, 0.05) is 6.04 Å². The van der Waals surface area contributed by atoms with Crippen LogP contribution in [0.15, 0.2) is 0 Å². The highest BCUT2D eigenvalue weighted by molar-refractivity contribution is 4.93. The Morgan fingerprint density at radius 1 is 1.20 bits per heavy atom. The highest BCUT2D eigenvalue weighted by Crippen LogP contribution is 2.44. The molecular weight excluding hydrogens is 246 g/mol. The van der Waals surface area contributed by atoms with Crippen LogP contribution in [0.3, 0.4) is 0 Å². The zero-order valence-electron chi connectivity index (χ0n) is 14.1. The van der Waals surface area contributed by atoms with E-state index in [4.69, 9.17) is 4.74 Å². The summed E-state index contributed by atoms with van der Waals surface area (Å²) < 4.78 is 6.45. The van der Waals surface area contributed by atoms with E-state index in [9.17, 15) is 0 Å². The molecule has 2 aliphatic rings. The lowest BCUT2D eigenvalue weighted by Crippen LogP contribution is -2.41. The largest absolute Gasteiger partial charge is 0.372 e. The second kappa shape index (κ2) is 6.79. The molecule has 1 spiro atoms. The molecule has 1 aliphatic heterocycles. The van der Waals surface area contributed by atoms with Crippen molar-refractivity contribution in [1.29, 1.82) is 0 Å². The maximum atomic E-state index is 6.45. The lowest BCUT2D eigenvalue weighted by atomic mass is 9.83. The van der Waals surface area contributed by atoms with Crippen molar-refractivity contribution in [2.75, 3.05) is 6.54 Å². The molecule has 0 aromatic rings. The molecule has 2 fully saturated rings. The number of hydrogen-bond acceptors (Lipinski definition) is 2. The van der Waals surface area contributed by atoms with Gasteiger partial charge in [0.25, 0.3) is 0 Å². The Kier molecular flexibility index (Phi) is 5.53. The normalized spacial score (nSPS) is 27.3. The Labute approximate surface area is 126 Å². The number of ether oxygens (including phenoxy) is 1. The SMILES string of the molecule is CCCNC(CCC1CCC2(CCCC2)O1)C(C)(C)C. The standard InChI is InChI=1S/C18H35NO/c1-5-14-19-16(17(2,3)4)9-8-15-10-13-18(20-15)11-6-7-12-18/h15-16,19H,5-14H2,1-4H3. The average molecular weight is 281 g/mol. The summed E-state index contributed by atoms with van der Waals surface area (Å²) in [6, 6.07) is 0.617. The third kappa shape index (κ3) is 4.21. The first-order chi connectivity index (χ1) is 9.45. The molecule has 1 heterocycles. The third-order valence-corrected chi connectivity index (χ3v) is 5.32. The molecule has 2 heteroatoms. The fraction of sp³-hybridized carbons (Fsp3) is 1.00. The van der Waals surface area contributed by atoms with E-state index < -0.39 is 0 Å². The van der Waals surface area contributed by atoms with Gasteiger partial charge >= 0.3 is 0 Å². The molecule has 2 atom stereocenters. The molecule has 0 bridgehead atoms. The van der Waals surface area contributed by atoms with E-state index in [1.165, 1.54) is 57.8 Å². The van der Waals surface area contributed by atoms with E-state index in [0.29, 0.717) is 23.2 Å². The van der Waals surface area contributed by atoms with Crippen LogP contribution in [-0.4, -0.2) is 24.3 Å². The molecule has 20 heavy (non-hydrogen) atoms. The van der Waals surface area contributed by atoms with E-state index in [0.717, 1.165) is 6.54 Å². The van der Waals surface area contributed by atoms with Crippen LogP contribution in [0.1, 0.15) is 85.5 Å². The summed E-state index contributed by atoms with van der Waals surface area (Å²) in [6.45, 7) is 10.4. The Morgan fingerprint density at radius 3 is 2.50 bits per heavy atom. The van der Waals surface area contributed by atoms with Gasteiger partial charge < -0.3 is 10.1 Å². The van der Waals surface area contributed by atoms with Gasteiger partial charge in [0.05, 0.1) is 11.7 Å². The van der Waals surface area contributed by atoms with Gasteiger partial charge in [0.15, 0.2) is 0 Å². The minimum atomic E-state index is 0.304. The predicted molar refractivity (Wildman–Crippen MR) is 86.1 cm³/mol. The molecule has 2 rings (SSSR count). The zero-order chi connectivity index (χ0) is 14.6. The van der Waals surface area contributed by atoms with Crippen LogP contribution in [0.4, 0.5) is 0 Å². The van der Waals surface area contributed by atoms with Gasteiger partial charge in [-0.05, 0) is 56.9 Å². The molecule has 0 amide bonds. The zero-order valence-corrected chi connectivity index (χ0v) is 14.1. The van der Waals surface area contributed by atoms with Crippen molar-refractivity contribution in [3.8, 4) is 0 Å². The molecular formula is C18H35NO. The molecule has 1 N–H and O–H groups in total. The van der Waals surface area contributed by atoms with Crippen LogP contribution in [0, 0.1) is 5.41 Å². The van der Waals surface area contributed by atoms with Crippen LogP contribution < -0.4 is 5.32 Å². The van der Waals surface area contributed by atoms with E-state index in [1.54, 1.807) is 0 Å². The molecule has 1 saturated heterocycles. The second-order valence-electron chi connectivity index (χ2n) is 8.12. The molecule has 0 aromatic heterocycles. The van der Waals surface area contributed by atoms with E-state index in [2.05, 4.69) is 33.0 Å². The van der Waals surface area contributed by atoms with Crippen LogP contribution >= 0.6 is 0 Å². The monoisotopic (exact) mass is 281 g/mol. The minimum absolute atomic E-state index is 0.304. The van der Waals surface area contributed by atoms with Crippen molar-refractivity contribution < 1.29 is 4.74 Å². The first-order valence-corrected chi connectivity index (χ1v) is 8.86. The van der Waals surface area contributed by atoms with Gasteiger partial charge in [-0.1, -0.05) is 40.5 Å². The fourth-order valence-corrected chi connectivity index (χ4v) is 4.00. The fourth-order valence-electron chi connectivity index (χ4n) is 4.00. The first kappa shape index (κ1) is 16.3. The van der Waals surface area contributed by atoms with Gasteiger partial charge in [0.2, 0.25) is 0 Å². The maximum absolute atomic E-state index is 6.45. The lowest BCUT2D eigenvalue weighted by Gasteiger charge is -2.33. The van der Waals surface area contributed by atoms with Gasteiger partial charge in [-0.15, -0.1) is 0 Å². The van der Waals surface area contributed by atoms with Crippen molar-refractivity contribution in [2.45, 2.75) is 103 Å². The predicted octanol–water partition coefficient (Wildman–Crippen LogP) is 4.67. The molecule has 1 saturated carbocycles. The molecule has 2 nitrogen and oxygen atoms in total. The summed E-state index contributed by atoms with van der Waals surface area (Å²) >= 11 is 0. The number of nitrogens with one attached hydrogen (secondary N) is 1. The summed E-state index contributed by atoms with van der Waals surface area (Å²) in [5.74, 6) is 0. The summed E-state index contributed by atoms with van der Waals surface area (Å²) in [5, 5.41) is 3.74. The Morgan fingerprint density at radius 2 is 1.90 bits per heavy atom. The smallest absolute Gasteiger partial charge is 0.0687 e. The first-order valence-electron chi connectivity index (χ1n) is 8.86. The van der Waals surface area contributed by atoms with Crippen LogP contribution in [0.5, 0.6) is 0 Å². The Hall–Kier alpha value is -0.0800. The summed E-state index contributed by atoms with van der Waals surface area (Å²) in [6.07, 6.45) is 12.3. The van der Waals surface area contributed by atoms with Crippen molar-refractivity contribution in [1.82, 2.24) is 5.32 Å². The highest BCUT2D eigenvalue weighted by atomic mass is 16.5. The van der Waals surface area contributed by atoms with Crippen LogP contribution in [0.25, 0.3) is 0 Å². The molecule has 0 aromatic carbocycles. The molecule has 0 radical (unpaired) electrons. The third-order valence-electron chi connectivity index (χ3n) is 5.32. The summed E-state index contributed by atoms with van der Waals surface area (Å²) in [4.78, 5) is 0. The molecule has 2 unspecified atom stereocenters. The average Bonchev–Trinajstić information content (AvgIpc) is 2.99. The van der Waals surface area contributed by atoms with E-state index in [1.807, 2.05) is 0 Å².